The van der Waals surface area contributed by atoms with Crippen LogP contribution in [-0.4, -0.2) is 49.9 Å². The monoisotopic (exact) mass is 241 g/mol. The standard InChI is InChI=1S/C12H23N3O2/c1-9-4-6-13-10(8-9)12(17)14-7-5-11(16)15(2)3/h9-10,13H,4-8H2,1-3H3,(H,14,17). The Morgan fingerprint density at radius 1 is 1.41 bits per heavy atom. The van der Waals surface area contributed by atoms with E-state index in [1.54, 1.807) is 14.1 Å². The van der Waals surface area contributed by atoms with Crippen molar-refractivity contribution in [2.45, 2.75) is 32.2 Å². The van der Waals surface area contributed by atoms with Crippen molar-refractivity contribution in [3.63, 3.8) is 0 Å². The summed E-state index contributed by atoms with van der Waals surface area (Å²) in [6.07, 6.45) is 2.37. The van der Waals surface area contributed by atoms with E-state index in [1.807, 2.05) is 0 Å². The molecule has 5 heteroatoms. The van der Waals surface area contributed by atoms with Crippen molar-refractivity contribution in [3.05, 3.63) is 0 Å². The van der Waals surface area contributed by atoms with Gasteiger partial charge in [0.25, 0.3) is 0 Å². The molecular weight excluding hydrogens is 218 g/mol. The molecule has 1 aliphatic rings. The molecule has 0 spiro atoms. The second-order valence-electron chi connectivity index (χ2n) is 4.97. The van der Waals surface area contributed by atoms with Crippen LogP contribution in [0.25, 0.3) is 0 Å². The van der Waals surface area contributed by atoms with E-state index in [2.05, 4.69) is 17.6 Å². The number of rotatable bonds is 4. The minimum Gasteiger partial charge on any atom is -0.354 e. The van der Waals surface area contributed by atoms with Crippen LogP contribution in [0.4, 0.5) is 0 Å². The van der Waals surface area contributed by atoms with E-state index in [4.69, 9.17) is 0 Å². The van der Waals surface area contributed by atoms with E-state index in [9.17, 15) is 9.59 Å². The molecule has 0 aromatic rings. The number of carbonyl (C=O) groups is 2. The number of amides is 2. The lowest BCUT2D eigenvalue weighted by Gasteiger charge is -2.27. The van der Waals surface area contributed by atoms with Gasteiger partial charge in [0.15, 0.2) is 0 Å². The first-order valence-electron chi connectivity index (χ1n) is 6.22. The molecule has 2 N–H and O–H groups in total. The summed E-state index contributed by atoms with van der Waals surface area (Å²) in [7, 11) is 3.43. The summed E-state index contributed by atoms with van der Waals surface area (Å²) < 4.78 is 0. The van der Waals surface area contributed by atoms with Crippen molar-refractivity contribution in [1.29, 1.82) is 0 Å². The second-order valence-corrected chi connectivity index (χ2v) is 4.97. The average Bonchev–Trinajstić information content (AvgIpc) is 2.28. The molecular formula is C12H23N3O2. The first-order valence-corrected chi connectivity index (χ1v) is 6.22. The van der Waals surface area contributed by atoms with Crippen LogP contribution in [0.2, 0.25) is 0 Å². The predicted molar refractivity (Wildman–Crippen MR) is 66.5 cm³/mol. The molecule has 0 aromatic carbocycles. The van der Waals surface area contributed by atoms with E-state index in [-0.39, 0.29) is 17.9 Å². The van der Waals surface area contributed by atoms with Crippen LogP contribution in [-0.2, 0) is 9.59 Å². The fraction of sp³-hybridized carbons (Fsp3) is 0.833. The Morgan fingerprint density at radius 3 is 2.71 bits per heavy atom. The lowest BCUT2D eigenvalue weighted by molar-refractivity contribution is -0.129. The molecule has 2 atom stereocenters. The van der Waals surface area contributed by atoms with Gasteiger partial charge in [-0.1, -0.05) is 6.92 Å². The maximum atomic E-state index is 11.8. The van der Waals surface area contributed by atoms with Crippen molar-refractivity contribution in [3.8, 4) is 0 Å². The quantitative estimate of drug-likeness (QED) is 0.726. The average molecular weight is 241 g/mol. The third-order valence-corrected chi connectivity index (χ3v) is 3.12. The molecule has 1 fully saturated rings. The minimum absolute atomic E-state index is 0.0168. The first-order chi connectivity index (χ1) is 8.00. The summed E-state index contributed by atoms with van der Waals surface area (Å²) in [4.78, 5) is 24.6. The molecule has 98 valence electrons. The zero-order valence-corrected chi connectivity index (χ0v) is 11.0. The highest BCUT2D eigenvalue weighted by Gasteiger charge is 2.24. The molecule has 17 heavy (non-hydrogen) atoms. The molecule has 2 amide bonds. The van der Waals surface area contributed by atoms with Gasteiger partial charge >= 0.3 is 0 Å². The van der Waals surface area contributed by atoms with Crippen LogP contribution < -0.4 is 10.6 Å². The van der Waals surface area contributed by atoms with Crippen LogP contribution in [0.1, 0.15) is 26.2 Å². The summed E-state index contributed by atoms with van der Waals surface area (Å²) in [6, 6.07) is -0.0896. The van der Waals surface area contributed by atoms with Gasteiger partial charge in [-0.3, -0.25) is 9.59 Å². The lowest BCUT2D eigenvalue weighted by atomic mass is 9.94. The van der Waals surface area contributed by atoms with E-state index < -0.39 is 0 Å². The summed E-state index contributed by atoms with van der Waals surface area (Å²) in [5, 5.41) is 6.01. The van der Waals surface area contributed by atoms with Crippen LogP contribution in [0.15, 0.2) is 0 Å². The molecule has 0 bridgehead atoms. The topological polar surface area (TPSA) is 61.4 Å². The zero-order valence-electron chi connectivity index (χ0n) is 11.0. The molecule has 5 nitrogen and oxygen atoms in total. The van der Waals surface area contributed by atoms with Gasteiger partial charge in [0.1, 0.15) is 0 Å². The Bertz CT molecular complexity index is 279. The van der Waals surface area contributed by atoms with Crippen LogP contribution in [0.3, 0.4) is 0 Å². The van der Waals surface area contributed by atoms with Gasteiger partial charge in [0, 0.05) is 27.1 Å². The Hall–Kier alpha value is -1.10. The van der Waals surface area contributed by atoms with Crippen molar-refractivity contribution >= 4 is 11.8 Å². The molecule has 2 unspecified atom stereocenters. The maximum absolute atomic E-state index is 11.8. The molecule has 1 aliphatic heterocycles. The molecule has 1 saturated heterocycles. The number of hydrogen-bond donors (Lipinski definition) is 2. The maximum Gasteiger partial charge on any atom is 0.237 e. The van der Waals surface area contributed by atoms with E-state index in [1.165, 1.54) is 4.90 Å². The zero-order chi connectivity index (χ0) is 12.8. The van der Waals surface area contributed by atoms with E-state index in [0.29, 0.717) is 18.9 Å². The van der Waals surface area contributed by atoms with Crippen LogP contribution in [0, 0.1) is 5.92 Å². The minimum atomic E-state index is -0.0896. The third kappa shape index (κ3) is 4.73. The van der Waals surface area contributed by atoms with E-state index >= 15 is 0 Å². The number of carbonyl (C=O) groups excluding carboxylic acids is 2. The normalized spacial score (nSPS) is 24.2. The van der Waals surface area contributed by atoms with Gasteiger partial charge in [0.2, 0.25) is 11.8 Å². The number of nitrogens with zero attached hydrogens (tertiary/aromatic N) is 1. The highest BCUT2D eigenvalue weighted by molar-refractivity contribution is 5.82. The Morgan fingerprint density at radius 2 is 2.12 bits per heavy atom. The third-order valence-electron chi connectivity index (χ3n) is 3.12. The van der Waals surface area contributed by atoms with Crippen molar-refractivity contribution < 1.29 is 9.59 Å². The fourth-order valence-corrected chi connectivity index (χ4v) is 1.95. The summed E-state index contributed by atoms with van der Waals surface area (Å²) in [5.74, 6) is 0.647. The Kier molecular flexibility index (Phi) is 5.41. The lowest BCUT2D eigenvalue weighted by Crippen LogP contribution is -2.48. The van der Waals surface area contributed by atoms with Crippen molar-refractivity contribution in [2.24, 2.45) is 5.92 Å². The summed E-state index contributed by atoms with van der Waals surface area (Å²) >= 11 is 0. The largest absolute Gasteiger partial charge is 0.354 e. The molecule has 0 aromatic heterocycles. The Balaban J connectivity index is 2.22. The summed E-state index contributed by atoms with van der Waals surface area (Å²) in [5.41, 5.74) is 0. The molecule has 0 radical (unpaired) electrons. The predicted octanol–water partition coefficient (Wildman–Crippen LogP) is -0.0310. The molecule has 0 saturated carbocycles. The van der Waals surface area contributed by atoms with Gasteiger partial charge < -0.3 is 15.5 Å². The van der Waals surface area contributed by atoms with Crippen LogP contribution in [0.5, 0.6) is 0 Å². The second kappa shape index (κ2) is 6.59. The van der Waals surface area contributed by atoms with E-state index in [0.717, 1.165) is 19.4 Å². The van der Waals surface area contributed by atoms with Gasteiger partial charge in [-0.15, -0.1) is 0 Å². The van der Waals surface area contributed by atoms with Gasteiger partial charge in [-0.2, -0.15) is 0 Å². The molecule has 0 aliphatic carbocycles. The van der Waals surface area contributed by atoms with Gasteiger partial charge in [-0.25, -0.2) is 0 Å². The highest BCUT2D eigenvalue weighted by atomic mass is 16.2. The molecule has 1 heterocycles. The van der Waals surface area contributed by atoms with Crippen LogP contribution >= 0.6 is 0 Å². The smallest absolute Gasteiger partial charge is 0.237 e. The van der Waals surface area contributed by atoms with Gasteiger partial charge in [-0.05, 0) is 25.3 Å². The number of nitrogens with one attached hydrogen (secondary N) is 2. The number of hydrogen-bond acceptors (Lipinski definition) is 3. The van der Waals surface area contributed by atoms with Gasteiger partial charge in [0.05, 0.1) is 6.04 Å². The van der Waals surface area contributed by atoms with Crippen molar-refractivity contribution in [1.82, 2.24) is 15.5 Å². The highest BCUT2D eigenvalue weighted by Crippen LogP contribution is 2.14. The van der Waals surface area contributed by atoms with Crippen molar-refractivity contribution in [2.75, 3.05) is 27.2 Å². The Labute approximate surface area is 103 Å². The number of piperidine rings is 1. The fourth-order valence-electron chi connectivity index (χ4n) is 1.95. The first kappa shape index (κ1) is 14.0. The SMILES string of the molecule is CC1CCNC(C(=O)NCCC(=O)N(C)C)C1. The molecule has 1 rings (SSSR count). The summed E-state index contributed by atoms with van der Waals surface area (Å²) in [6.45, 7) is 3.48.